The van der Waals surface area contributed by atoms with E-state index in [2.05, 4.69) is 20.9 Å². The van der Waals surface area contributed by atoms with Crippen molar-refractivity contribution in [3.8, 4) is 5.75 Å². The number of nitrogens with zero attached hydrogens (tertiary/aromatic N) is 1. The molecule has 0 aliphatic carbocycles. The number of halogens is 2. The summed E-state index contributed by atoms with van der Waals surface area (Å²) in [5.74, 6) is 1.35. The largest absolute Gasteiger partial charge is 0.489 e. The molecule has 3 N–H and O–H groups in total. The summed E-state index contributed by atoms with van der Waals surface area (Å²) in [6, 6.07) is 14.9. The predicted octanol–water partition coefficient (Wildman–Crippen LogP) is 3.49. The molecule has 0 aliphatic rings. The van der Waals surface area contributed by atoms with Crippen molar-refractivity contribution >= 4 is 47.4 Å². The number of rotatable bonds is 8. The molecule has 0 saturated heterocycles. The van der Waals surface area contributed by atoms with E-state index in [-0.39, 0.29) is 36.0 Å². The molecular weight excluding hydrogens is 503 g/mol. The lowest BCUT2D eigenvalue weighted by molar-refractivity contribution is 0.0963. The normalized spacial score (nSPS) is 11.8. The van der Waals surface area contributed by atoms with E-state index in [1.807, 2.05) is 43.3 Å². The van der Waals surface area contributed by atoms with Gasteiger partial charge in [0.15, 0.2) is 5.96 Å². The van der Waals surface area contributed by atoms with Crippen molar-refractivity contribution in [2.24, 2.45) is 4.99 Å². The minimum atomic E-state index is -0.0824. The topological polar surface area (TPSA) is 74.8 Å². The number of carbonyl (C=O) groups excluding carboxylic acids is 1. The molecule has 0 heterocycles. The lowest BCUT2D eigenvalue weighted by atomic mass is 10.1. The second-order valence-corrected chi connectivity index (χ2v) is 6.73. The van der Waals surface area contributed by atoms with Crippen LogP contribution in [0.4, 0.5) is 0 Å². The number of benzene rings is 2. The Balaban J connectivity index is 0.00000420. The summed E-state index contributed by atoms with van der Waals surface area (Å²) in [5, 5.41) is 9.80. The average molecular weight is 531 g/mol. The summed E-state index contributed by atoms with van der Waals surface area (Å²) in [5.41, 5.74) is 1.75. The van der Waals surface area contributed by atoms with Crippen molar-refractivity contribution in [2.45, 2.75) is 19.4 Å². The molecule has 0 fully saturated rings. The van der Waals surface area contributed by atoms with Gasteiger partial charge in [-0.05, 0) is 49.2 Å². The molecule has 6 nitrogen and oxygen atoms in total. The van der Waals surface area contributed by atoms with Crippen LogP contribution in [0.5, 0.6) is 5.75 Å². The summed E-state index contributed by atoms with van der Waals surface area (Å²) in [6.45, 7) is 3.27. The number of ether oxygens (including phenoxy) is 1. The fourth-order valence-electron chi connectivity index (χ4n) is 2.61. The van der Waals surface area contributed by atoms with E-state index in [1.165, 1.54) is 0 Å². The Morgan fingerprint density at radius 2 is 1.93 bits per heavy atom. The fourth-order valence-corrected chi connectivity index (χ4v) is 2.79. The van der Waals surface area contributed by atoms with Crippen molar-refractivity contribution in [3.63, 3.8) is 0 Å². The van der Waals surface area contributed by atoms with Gasteiger partial charge in [0.05, 0.1) is 6.54 Å². The van der Waals surface area contributed by atoms with Gasteiger partial charge in [-0.2, -0.15) is 0 Å². The van der Waals surface area contributed by atoms with E-state index >= 15 is 0 Å². The molecular formula is C21H28ClIN4O2. The number of amides is 1. The van der Waals surface area contributed by atoms with Gasteiger partial charge in [-0.1, -0.05) is 29.8 Å². The maximum Gasteiger partial charge on any atom is 0.251 e. The van der Waals surface area contributed by atoms with Gasteiger partial charge in [-0.25, -0.2) is 0 Å². The third-order valence-electron chi connectivity index (χ3n) is 4.04. The summed E-state index contributed by atoms with van der Waals surface area (Å²) in [4.78, 5) is 15.9. The van der Waals surface area contributed by atoms with Gasteiger partial charge in [0.1, 0.15) is 11.9 Å². The molecule has 0 spiro atoms. The highest BCUT2D eigenvalue weighted by atomic mass is 127. The fraction of sp³-hybridized carbons (Fsp3) is 0.333. The third kappa shape index (κ3) is 8.91. The van der Waals surface area contributed by atoms with E-state index in [1.54, 1.807) is 26.2 Å². The van der Waals surface area contributed by atoms with Crippen molar-refractivity contribution < 1.29 is 9.53 Å². The molecule has 2 aromatic carbocycles. The van der Waals surface area contributed by atoms with Gasteiger partial charge in [0.2, 0.25) is 0 Å². The first-order valence-corrected chi connectivity index (χ1v) is 9.57. The molecule has 1 amide bonds. The second-order valence-electron chi connectivity index (χ2n) is 6.30. The Morgan fingerprint density at radius 1 is 1.17 bits per heavy atom. The van der Waals surface area contributed by atoms with Gasteiger partial charge in [0.25, 0.3) is 5.91 Å². The van der Waals surface area contributed by atoms with Crippen molar-refractivity contribution in [1.82, 2.24) is 16.0 Å². The van der Waals surface area contributed by atoms with Crippen LogP contribution in [-0.2, 0) is 6.42 Å². The van der Waals surface area contributed by atoms with Gasteiger partial charge < -0.3 is 20.7 Å². The summed E-state index contributed by atoms with van der Waals surface area (Å²) in [7, 11) is 3.35. The Bertz CT molecular complexity index is 817. The highest BCUT2D eigenvalue weighted by Crippen LogP contribution is 2.18. The molecule has 0 saturated carbocycles. The number of hydrogen-bond donors (Lipinski definition) is 3. The lowest BCUT2D eigenvalue weighted by Crippen LogP contribution is -2.42. The van der Waals surface area contributed by atoms with Gasteiger partial charge in [0, 0.05) is 31.2 Å². The summed E-state index contributed by atoms with van der Waals surface area (Å²) in [6.07, 6.45) is 0.723. The van der Waals surface area contributed by atoms with Gasteiger partial charge in [-0.3, -0.25) is 9.79 Å². The van der Waals surface area contributed by atoms with E-state index in [0.717, 1.165) is 17.7 Å². The molecule has 2 aromatic rings. The Labute approximate surface area is 194 Å². The van der Waals surface area contributed by atoms with Gasteiger partial charge in [-0.15, -0.1) is 24.0 Å². The Hall–Kier alpha value is -2.00. The average Bonchev–Trinajstić information content (AvgIpc) is 2.70. The summed E-state index contributed by atoms with van der Waals surface area (Å²) < 4.78 is 5.84. The van der Waals surface area contributed by atoms with E-state index in [0.29, 0.717) is 29.6 Å². The minimum absolute atomic E-state index is 0. The highest BCUT2D eigenvalue weighted by molar-refractivity contribution is 14.0. The molecule has 0 aliphatic heterocycles. The zero-order valence-corrected chi connectivity index (χ0v) is 20.0. The van der Waals surface area contributed by atoms with Crippen molar-refractivity contribution in [3.05, 3.63) is 64.7 Å². The van der Waals surface area contributed by atoms with Crippen LogP contribution in [0.3, 0.4) is 0 Å². The SMILES string of the molecule is CN=C(NCCc1cccc(C(=O)NC)c1)NCC(C)Oc1cccc(Cl)c1.I. The first kappa shape index (κ1) is 25.0. The first-order chi connectivity index (χ1) is 13.5. The van der Waals surface area contributed by atoms with Crippen LogP contribution in [0.1, 0.15) is 22.8 Å². The van der Waals surface area contributed by atoms with Gasteiger partial charge >= 0.3 is 0 Å². The van der Waals surface area contributed by atoms with E-state index < -0.39 is 0 Å². The molecule has 0 bridgehead atoms. The second kappa shape index (κ2) is 13.3. The van der Waals surface area contributed by atoms with E-state index in [4.69, 9.17) is 16.3 Å². The van der Waals surface area contributed by atoms with Crippen LogP contribution in [0.15, 0.2) is 53.5 Å². The number of aliphatic imine (C=N–C) groups is 1. The highest BCUT2D eigenvalue weighted by Gasteiger charge is 2.07. The quantitative estimate of drug-likeness (QED) is 0.278. The van der Waals surface area contributed by atoms with Crippen LogP contribution >= 0.6 is 35.6 Å². The number of carbonyl (C=O) groups is 1. The maximum absolute atomic E-state index is 11.7. The number of nitrogens with one attached hydrogen (secondary N) is 3. The zero-order valence-electron chi connectivity index (χ0n) is 16.9. The molecule has 8 heteroatoms. The molecule has 0 radical (unpaired) electrons. The third-order valence-corrected chi connectivity index (χ3v) is 4.27. The smallest absolute Gasteiger partial charge is 0.251 e. The summed E-state index contributed by atoms with van der Waals surface area (Å²) >= 11 is 5.97. The van der Waals surface area contributed by atoms with Crippen LogP contribution in [0.25, 0.3) is 0 Å². The zero-order chi connectivity index (χ0) is 20.4. The molecule has 2 rings (SSSR count). The van der Waals surface area contributed by atoms with Crippen LogP contribution in [0, 0.1) is 0 Å². The van der Waals surface area contributed by atoms with Crippen molar-refractivity contribution in [1.29, 1.82) is 0 Å². The predicted molar refractivity (Wildman–Crippen MR) is 130 cm³/mol. The van der Waals surface area contributed by atoms with Crippen LogP contribution < -0.4 is 20.7 Å². The van der Waals surface area contributed by atoms with Crippen LogP contribution in [-0.4, -0.2) is 45.2 Å². The molecule has 29 heavy (non-hydrogen) atoms. The monoisotopic (exact) mass is 530 g/mol. The molecule has 1 atom stereocenters. The number of hydrogen-bond acceptors (Lipinski definition) is 3. The Kier molecular flexibility index (Phi) is 11.5. The Morgan fingerprint density at radius 3 is 2.62 bits per heavy atom. The molecule has 1 unspecified atom stereocenters. The van der Waals surface area contributed by atoms with E-state index in [9.17, 15) is 4.79 Å². The minimum Gasteiger partial charge on any atom is -0.489 e. The van der Waals surface area contributed by atoms with Crippen molar-refractivity contribution in [2.75, 3.05) is 27.2 Å². The maximum atomic E-state index is 11.7. The molecule has 158 valence electrons. The lowest BCUT2D eigenvalue weighted by Gasteiger charge is -2.18. The first-order valence-electron chi connectivity index (χ1n) is 9.19. The van der Waals surface area contributed by atoms with Crippen LogP contribution in [0.2, 0.25) is 5.02 Å². The standard InChI is InChI=1S/C21H27ClN4O2.HI/c1-15(28-19-9-5-8-18(22)13-19)14-26-21(24-3)25-11-10-16-6-4-7-17(12-16)20(27)23-2;/h4-9,12-13,15H,10-11,14H2,1-3H3,(H,23,27)(H2,24,25,26);1H. The molecule has 0 aromatic heterocycles. The number of guanidine groups is 1.